The second kappa shape index (κ2) is 9.38. The highest BCUT2D eigenvalue weighted by atomic mass is 32.2. The molecule has 1 aliphatic carbocycles. The summed E-state index contributed by atoms with van der Waals surface area (Å²) in [5.74, 6) is 0.799. The van der Waals surface area contributed by atoms with Crippen LogP contribution in [-0.2, 0) is 16.4 Å². The van der Waals surface area contributed by atoms with E-state index >= 15 is 0 Å². The number of hydrogen-bond acceptors (Lipinski definition) is 5. The average molecular weight is 475 g/mol. The molecule has 0 atom stereocenters. The first kappa shape index (κ1) is 22.3. The summed E-state index contributed by atoms with van der Waals surface area (Å²) >= 11 is 0. The van der Waals surface area contributed by atoms with Crippen LogP contribution in [0.1, 0.15) is 59.5 Å². The van der Waals surface area contributed by atoms with Crippen molar-refractivity contribution in [3.63, 3.8) is 0 Å². The van der Waals surface area contributed by atoms with E-state index in [2.05, 4.69) is 15.3 Å². The van der Waals surface area contributed by atoms with Crippen molar-refractivity contribution in [3.05, 3.63) is 90.0 Å². The van der Waals surface area contributed by atoms with Crippen molar-refractivity contribution >= 4 is 21.5 Å². The minimum absolute atomic E-state index is 0.239. The molecule has 2 aromatic heterocycles. The Morgan fingerprint density at radius 3 is 2.32 bits per heavy atom. The van der Waals surface area contributed by atoms with Gasteiger partial charge in [0, 0.05) is 31.3 Å². The number of amides is 1. The fraction of sp³-hybridized carbons (Fsp3) is 0.269. The molecule has 4 aromatic rings. The maximum absolute atomic E-state index is 13.1. The van der Waals surface area contributed by atoms with E-state index in [0.717, 1.165) is 5.56 Å². The molecule has 0 bridgehead atoms. The van der Waals surface area contributed by atoms with E-state index in [9.17, 15) is 13.2 Å². The number of carbonyl (C=O) groups is 1. The van der Waals surface area contributed by atoms with Gasteiger partial charge in [0.05, 0.1) is 15.4 Å². The third-order valence-electron chi connectivity index (χ3n) is 6.46. The molecule has 1 N–H and O–H groups in total. The Kier molecular flexibility index (Phi) is 6.15. The third kappa shape index (κ3) is 4.59. The number of nitrogens with one attached hydrogen (secondary N) is 1. The molecule has 0 aliphatic heterocycles. The highest BCUT2D eigenvalue weighted by molar-refractivity contribution is 7.91. The molecule has 0 unspecified atom stereocenters. The molecule has 0 saturated heterocycles. The Morgan fingerprint density at radius 1 is 0.941 bits per heavy atom. The summed E-state index contributed by atoms with van der Waals surface area (Å²) in [6, 6.07) is 14.0. The number of benzene rings is 2. The second-order valence-corrected chi connectivity index (χ2v) is 10.7. The van der Waals surface area contributed by atoms with Gasteiger partial charge in [0.25, 0.3) is 5.91 Å². The Labute approximate surface area is 198 Å². The van der Waals surface area contributed by atoms with Gasteiger partial charge in [-0.3, -0.25) is 9.20 Å². The van der Waals surface area contributed by atoms with Gasteiger partial charge < -0.3 is 5.32 Å². The van der Waals surface area contributed by atoms with Crippen LogP contribution in [-0.4, -0.2) is 28.7 Å². The Hall–Kier alpha value is -3.52. The summed E-state index contributed by atoms with van der Waals surface area (Å²) in [6.45, 7) is 0.275. The smallest absolute Gasteiger partial charge is 0.254 e. The Balaban J connectivity index is 1.24. The predicted octanol–water partition coefficient (Wildman–Crippen LogP) is 4.54. The van der Waals surface area contributed by atoms with Gasteiger partial charge in [-0.2, -0.15) is 0 Å². The molecule has 0 radical (unpaired) electrons. The quantitative estimate of drug-likeness (QED) is 0.443. The van der Waals surface area contributed by atoms with Gasteiger partial charge in [0.2, 0.25) is 15.6 Å². The molecule has 1 fully saturated rings. The van der Waals surface area contributed by atoms with Crippen LogP contribution < -0.4 is 5.32 Å². The maximum Gasteiger partial charge on any atom is 0.254 e. The average Bonchev–Trinajstić information content (AvgIpc) is 3.36. The summed E-state index contributed by atoms with van der Waals surface area (Å²) in [6.07, 6.45) is 12.6. The van der Waals surface area contributed by atoms with Gasteiger partial charge in [0.15, 0.2) is 0 Å². The first-order chi connectivity index (χ1) is 16.5. The summed E-state index contributed by atoms with van der Waals surface area (Å²) < 4.78 is 27.8. The third-order valence-corrected chi connectivity index (χ3v) is 8.25. The fourth-order valence-electron chi connectivity index (χ4n) is 4.50. The maximum atomic E-state index is 13.1. The normalized spacial score (nSPS) is 14.8. The van der Waals surface area contributed by atoms with E-state index < -0.39 is 9.84 Å². The van der Waals surface area contributed by atoms with Crippen molar-refractivity contribution in [3.8, 4) is 0 Å². The molecule has 8 heteroatoms. The van der Waals surface area contributed by atoms with Crippen LogP contribution in [0.4, 0.5) is 0 Å². The highest BCUT2D eigenvalue weighted by Crippen LogP contribution is 2.33. The number of sulfone groups is 1. The molecular weight excluding hydrogens is 448 g/mol. The van der Waals surface area contributed by atoms with Crippen LogP contribution in [0.3, 0.4) is 0 Å². The lowest BCUT2D eigenvalue weighted by Crippen LogP contribution is -2.23. The van der Waals surface area contributed by atoms with Crippen molar-refractivity contribution < 1.29 is 13.2 Å². The molecule has 174 valence electrons. The van der Waals surface area contributed by atoms with Gasteiger partial charge in [-0.1, -0.05) is 43.5 Å². The Morgan fingerprint density at radius 2 is 1.62 bits per heavy atom. The topological polar surface area (TPSA) is 93.4 Å². The molecule has 1 saturated carbocycles. The fourth-order valence-corrected chi connectivity index (χ4v) is 5.76. The lowest BCUT2D eigenvalue weighted by molar-refractivity contribution is 0.0950. The molecule has 2 heterocycles. The number of nitrogens with zero attached hydrogens (tertiary/aromatic N) is 3. The van der Waals surface area contributed by atoms with Gasteiger partial charge in [-0.25, -0.2) is 18.4 Å². The molecule has 7 nitrogen and oxygen atoms in total. The van der Waals surface area contributed by atoms with Crippen molar-refractivity contribution in [2.24, 2.45) is 0 Å². The van der Waals surface area contributed by atoms with E-state index in [1.54, 1.807) is 59.4 Å². The minimum atomic E-state index is -3.60. The van der Waals surface area contributed by atoms with E-state index in [-0.39, 0.29) is 17.3 Å². The predicted molar refractivity (Wildman–Crippen MR) is 128 cm³/mol. The first-order valence-corrected chi connectivity index (χ1v) is 13.0. The summed E-state index contributed by atoms with van der Waals surface area (Å²) in [4.78, 5) is 21.2. The number of rotatable bonds is 6. The molecule has 1 amide bonds. The SMILES string of the molecule is O=C(NCc1ccc(S(=O)(=O)c2ccc(C3CCCCC3)cc2)cc1)c1cnc2nccn2c1. The van der Waals surface area contributed by atoms with Crippen molar-refractivity contribution in [2.75, 3.05) is 0 Å². The first-order valence-electron chi connectivity index (χ1n) is 11.5. The van der Waals surface area contributed by atoms with Crippen molar-refractivity contribution in [1.29, 1.82) is 0 Å². The van der Waals surface area contributed by atoms with Crippen LogP contribution in [0.25, 0.3) is 5.78 Å². The van der Waals surface area contributed by atoms with Gasteiger partial charge >= 0.3 is 0 Å². The van der Waals surface area contributed by atoms with Gasteiger partial charge in [-0.05, 0) is 54.2 Å². The monoisotopic (exact) mass is 474 g/mol. The van der Waals surface area contributed by atoms with Gasteiger partial charge in [0.1, 0.15) is 0 Å². The zero-order valence-electron chi connectivity index (χ0n) is 18.7. The molecule has 0 spiro atoms. The van der Waals surface area contributed by atoms with Crippen LogP contribution in [0, 0.1) is 0 Å². The van der Waals surface area contributed by atoms with Crippen LogP contribution in [0.15, 0.2) is 83.1 Å². The molecule has 34 heavy (non-hydrogen) atoms. The van der Waals surface area contributed by atoms with Gasteiger partial charge in [-0.15, -0.1) is 0 Å². The highest BCUT2D eigenvalue weighted by Gasteiger charge is 2.20. The minimum Gasteiger partial charge on any atom is -0.348 e. The zero-order chi connectivity index (χ0) is 23.5. The Bertz CT molecular complexity index is 1400. The second-order valence-electron chi connectivity index (χ2n) is 8.71. The van der Waals surface area contributed by atoms with E-state index in [1.807, 2.05) is 12.1 Å². The number of fused-ring (bicyclic) bond motifs is 1. The molecule has 2 aromatic carbocycles. The van der Waals surface area contributed by atoms with E-state index in [1.165, 1.54) is 43.9 Å². The largest absolute Gasteiger partial charge is 0.348 e. The summed E-state index contributed by atoms with van der Waals surface area (Å²) in [7, 11) is -3.60. The number of hydrogen-bond donors (Lipinski definition) is 1. The summed E-state index contributed by atoms with van der Waals surface area (Å²) in [5, 5.41) is 2.84. The number of carbonyl (C=O) groups excluding carboxylic acids is 1. The van der Waals surface area contributed by atoms with Crippen LogP contribution in [0.5, 0.6) is 0 Å². The zero-order valence-corrected chi connectivity index (χ0v) is 19.5. The molecule has 5 rings (SSSR count). The lowest BCUT2D eigenvalue weighted by atomic mass is 9.84. The number of imidazole rings is 1. The van der Waals surface area contributed by atoms with Crippen LogP contribution in [0.2, 0.25) is 0 Å². The van der Waals surface area contributed by atoms with E-state index in [4.69, 9.17) is 0 Å². The molecular formula is C26H26N4O3S. The summed E-state index contributed by atoms with van der Waals surface area (Å²) in [5.41, 5.74) is 2.45. The molecule has 1 aliphatic rings. The lowest BCUT2D eigenvalue weighted by Gasteiger charge is -2.22. The van der Waals surface area contributed by atoms with Crippen molar-refractivity contribution in [1.82, 2.24) is 19.7 Å². The van der Waals surface area contributed by atoms with E-state index in [0.29, 0.717) is 22.2 Å². The standard InChI is InChI=1S/C26H26N4O3S/c31-25(22-17-29-26-27-14-15-30(26)18-22)28-16-19-6-10-23(11-7-19)34(32,33)24-12-8-21(9-13-24)20-4-2-1-3-5-20/h6-15,17-18,20H,1-5,16H2,(H,28,31). The van der Waals surface area contributed by atoms with Crippen molar-refractivity contribution in [2.45, 2.75) is 54.4 Å². The van der Waals surface area contributed by atoms with Crippen LogP contribution >= 0.6 is 0 Å². The number of aromatic nitrogens is 3.